The number of carbonyl (C=O) groups is 3. The van der Waals surface area contributed by atoms with Crippen molar-refractivity contribution in [2.75, 3.05) is 11.4 Å². The summed E-state index contributed by atoms with van der Waals surface area (Å²) in [6, 6.07) is 9.76. The summed E-state index contributed by atoms with van der Waals surface area (Å²) in [5, 5.41) is 2.79. The molecule has 156 valence electrons. The van der Waals surface area contributed by atoms with Crippen LogP contribution in [0.3, 0.4) is 0 Å². The van der Waals surface area contributed by atoms with E-state index in [4.69, 9.17) is 23.2 Å². The molecule has 4 rings (SSSR count). The molecular formula is C20H17BrCl2N4O3. The second-order valence-corrected chi connectivity index (χ2v) is 8.98. The predicted molar refractivity (Wildman–Crippen MR) is 116 cm³/mol. The molecule has 0 radical (unpaired) electrons. The van der Waals surface area contributed by atoms with Crippen LogP contribution in [0.15, 0.2) is 40.9 Å². The molecular weight excluding hydrogens is 495 g/mol. The SMILES string of the molecule is CC(=O)N1CCCC2(Cc3ccc(Br)cc3)C(=O)N(c3cc(Cl)nc(Cl)c3)C(=O)N12. The Labute approximate surface area is 191 Å². The molecule has 0 saturated carbocycles. The van der Waals surface area contributed by atoms with E-state index in [9.17, 15) is 14.4 Å². The number of imide groups is 1. The van der Waals surface area contributed by atoms with Crippen LogP contribution in [-0.2, 0) is 16.0 Å². The van der Waals surface area contributed by atoms with Gasteiger partial charge in [-0.05, 0) is 42.7 Å². The Kier molecular flexibility index (Phi) is 5.50. The van der Waals surface area contributed by atoms with Gasteiger partial charge >= 0.3 is 6.03 Å². The Balaban J connectivity index is 1.84. The van der Waals surface area contributed by atoms with E-state index in [0.717, 1.165) is 14.9 Å². The molecule has 0 aliphatic carbocycles. The zero-order valence-electron chi connectivity index (χ0n) is 15.9. The molecule has 1 atom stereocenters. The van der Waals surface area contributed by atoms with E-state index in [-0.39, 0.29) is 28.3 Å². The fourth-order valence-electron chi connectivity index (χ4n) is 4.12. The molecule has 4 amide bonds. The van der Waals surface area contributed by atoms with Crippen LogP contribution in [0.2, 0.25) is 10.3 Å². The van der Waals surface area contributed by atoms with Crippen LogP contribution in [0.4, 0.5) is 10.5 Å². The third-order valence-electron chi connectivity index (χ3n) is 5.36. The molecule has 7 nitrogen and oxygen atoms in total. The molecule has 10 heteroatoms. The van der Waals surface area contributed by atoms with Gasteiger partial charge in [0.15, 0.2) is 0 Å². The maximum atomic E-state index is 13.7. The maximum Gasteiger partial charge on any atom is 0.351 e. The van der Waals surface area contributed by atoms with Crippen LogP contribution >= 0.6 is 39.1 Å². The van der Waals surface area contributed by atoms with Gasteiger partial charge in [-0.2, -0.15) is 0 Å². The van der Waals surface area contributed by atoms with Gasteiger partial charge in [0.1, 0.15) is 15.8 Å². The first-order chi connectivity index (χ1) is 14.2. The Morgan fingerprint density at radius 3 is 2.40 bits per heavy atom. The molecule has 2 saturated heterocycles. The van der Waals surface area contributed by atoms with E-state index in [2.05, 4.69) is 20.9 Å². The molecule has 0 spiro atoms. The van der Waals surface area contributed by atoms with Crippen LogP contribution in [0.5, 0.6) is 0 Å². The first-order valence-corrected chi connectivity index (χ1v) is 10.8. The number of anilines is 1. The van der Waals surface area contributed by atoms with E-state index < -0.39 is 17.5 Å². The third kappa shape index (κ3) is 3.46. The Morgan fingerprint density at radius 1 is 1.17 bits per heavy atom. The average molecular weight is 512 g/mol. The second-order valence-electron chi connectivity index (χ2n) is 7.29. The molecule has 3 heterocycles. The molecule has 1 aromatic carbocycles. The van der Waals surface area contributed by atoms with Gasteiger partial charge in [0.25, 0.3) is 5.91 Å². The number of urea groups is 1. The van der Waals surface area contributed by atoms with Gasteiger partial charge in [0.05, 0.1) is 5.69 Å². The average Bonchev–Trinajstić information content (AvgIpc) is 2.90. The fourth-order valence-corrected chi connectivity index (χ4v) is 4.83. The highest BCUT2D eigenvalue weighted by molar-refractivity contribution is 9.10. The van der Waals surface area contributed by atoms with Crippen LogP contribution in [0.25, 0.3) is 0 Å². The highest BCUT2D eigenvalue weighted by atomic mass is 79.9. The number of amides is 4. The number of benzene rings is 1. The quantitative estimate of drug-likeness (QED) is 0.450. The van der Waals surface area contributed by atoms with Gasteiger partial charge in [-0.3, -0.25) is 9.59 Å². The van der Waals surface area contributed by atoms with Gasteiger partial charge < -0.3 is 0 Å². The lowest BCUT2D eigenvalue weighted by molar-refractivity contribution is -0.159. The fraction of sp³-hybridized carbons (Fsp3) is 0.300. The minimum absolute atomic E-state index is 0.0633. The second kappa shape index (κ2) is 7.83. The number of carbonyl (C=O) groups excluding carboxylic acids is 3. The number of fused-ring (bicyclic) bond motifs is 1. The summed E-state index contributed by atoms with van der Waals surface area (Å²) < 4.78 is 0.908. The van der Waals surface area contributed by atoms with Gasteiger partial charge in [-0.15, -0.1) is 0 Å². The van der Waals surface area contributed by atoms with Crippen molar-refractivity contribution in [2.24, 2.45) is 0 Å². The standard InChI is InChI=1S/C20H17BrCl2N4O3/c1-12(28)25-8-2-7-20(11-13-3-5-14(21)6-4-13)18(29)26(19(30)27(20)25)15-9-16(22)24-17(23)10-15/h3-6,9-10H,2,7-8,11H2,1H3. The van der Waals surface area contributed by atoms with E-state index >= 15 is 0 Å². The monoisotopic (exact) mass is 510 g/mol. The van der Waals surface area contributed by atoms with Crippen molar-refractivity contribution in [3.63, 3.8) is 0 Å². The van der Waals surface area contributed by atoms with Gasteiger partial charge in [-0.1, -0.05) is 51.3 Å². The normalized spacial score (nSPS) is 21.3. The molecule has 1 aromatic heterocycles. The van der Waals surface area contributed by atoms with Crippen LogP contribution < -0.4 is 4.90 Å². The summed E-state index contributed by atoms with van der Waals surface area (Å²) in [5.74, 6) is -0.719. The highest BCUT2D eigenvalue weighted by Gasteiger charge is 2.61. The van der Waals surface area contributed by atoms with Gasteiger partial charge in [0.2, 0.25) is 5.91 Å². The molecule has 2 aliphatic heterocycles. The minimum Gasteiger partial charge on any atom is -0.273 e. The summed E-state index contributed by atoms with van der Waals surface area (Å²) in [6.07, 6.45) is 1.30. The number of halogens is 3. The van der Waals surface area contributed by atoms with E-state index in [1.54, 1.807) is 0 Å². The zero-order valence-corrected chi connectivity index (χ0v) is 19.0. The highest BCUT2D eigenvalue weighted by Crippen LogP contribution is 2.42. The molecule has 0 N–H and O–H groups in total. The Hall–Kier alpha value is -2.16. The van der Waals surface area contributed by atoms with Crippen LogP contribution in [-0.4, -0.2) is 44.9 Å². The first-order valence-electron chi connectivity index (χ1n) is 9.27. The molecule has 2 aliphatic rings. The smallest absolute Gasteiger partial charge is 0.273 e. The van der Waals surface area contributed by atoms with Crippen molar-refractivity contribution >= 4 is 62.7 Å². The van der Waals surface area contributed by atoms with Gasteiger partial charge in [0, 0.05) is 24.4 Å². The predicted octanol–water partition coefficient (Wildman–Crippen LogP) is 4.46. The lowest BCUT2D eigenvalue weighted by atomic mass is 9.84. The number of hydrogen-bond donors (Lipinski definition) is 0. The van der Waals surface area contributed by atoms with Crippen molar-refractivity contribution in [3.8, 4) is 0 Å². The molecule has 2 aromatic rings. The van der Waals surface area contributed by atoms with Crippen LogP contribution in [0.1, 0.15) is 25.3 Å². The Morgan fingerprint density at radius 2 is 1.80 bits per heavy atom. The molecule has 30 heavy (non-hydrogen) atoms. The Bertz CT molecular complexity index is 1030. The number of nitrogens with zero attached hydrogens (tertiary/aromatic N) is 4. The van der Waals surface area contributed by atoms with E-state index in [1.807, 2.05) is 24.3 Å². The summed E-state index contributed by atoms with van der Waals surface area (Å²) in [4.78, 5) is 44.5. The van der Waals surface area contributed by atoms with Crippen molar-refractivity contribution in [3.05, 3.63) is 56.7 Å². The number of hydrazine groups is 1. The summed E-state index contributed by atoms with van der Waals surface area (Å²) in [5.41, 5.74) is -0.109. The van der Waals surface area contributed by atoms with Crippen molar-refractivity contribution in [1.29, 1.82) is 0 Å². The van der Waals surface area contributed by atoms with Crippen LogP contribution in [0, 0.1) is 0 Å². The lowest BCUT2D eigenvalue weighted by Crippen LogP contribution is -2.63. The van der Waals surface area contributed by atoms with E-state index in [0.29, 0.717) is 19.4 Å². The number of pyridine rings is 1. The maximum absolute atomic E-state index is 13.7. The topological polar surface area (TPSA) is 73.8 Å². The number of aromatic nitrogens is 1. The van der Waals surface area contributed by atoms with Gasteiger partial charge in [-0.25, -0.2) is 24.7 Å². The largest absolute Gasteiger partial charge is 0.351 e. The number of rotatable bonds is 3. The molecule has 1 unspecified atom stereocenters. The molecule has 0 bridgehead atoms. The molecule has 2 fully saturated rings. The third-order valence-corrected chi connectivity index (χ3v) is 6.28. The summed E-state index contributed by atoms with van der Waals surface area (Å²) >= 11 is 15.4. The van der Waals surface area contributed by atoms with Crippen molar-refractivity contribution in [1.82, 2.24) is 15.0 Å². The lowest BCUT2D eigenvalue weighted by Gasteiger charge is -2.45. The minimum atomic E-state index is -1.21. The van der Waals surface area contributed by atoms with E-state index in [1.165, 1.54) is 29.1 Å². The summed E-state index contributed by atoms with van der Waals surface area (Å²) in [6.45, 7) is 1.75. The first kappa shape index (κ1) is 21.1. The summed E-state index contributed by atoms with van der Waals surface area (Å²) in [7, 11) is 0. The van der Waals surface area contributed by atoms with Crippen molar-refractivity contribution < 1.29 is 14.4 Å². The zero-order chi connectivity index (χ0) is 21.6. The number of hydrogen-bond acceptors (Lipinski definition) is 4. The van der Waals surface area contributed by atoms with Crippen molar-refractivity contribution in [2.45, 2.75) is 31.7 Å².